The molecule has 2 aromatic carbocycles. The third kappa shape index (κ3) is 5.83. The summed E-state index contributed by atoms with van der Waals surface area (Å²) in [5.74, 6) is -0.593. The van der Waals surface area contributed by atoms with Crippen molar-refractivity contribution in [2.75, 3.05) is 7.05 Å². The van der Waals surface area contributed by atoms with Crippen LogP contribution in [0.1, 0.15) is 31.9 Å². The molecule has 3 N–H and O–H groups in total. The van der Waals surface area contributed by atoms with Gasteiger partial charge in [0.1, 0.15) is 11.4 Å². The van der Waals surface area contributed by atoms with Gasteiger partial charge in [0.15, 0.2) is 0 Å². The molecule has 0 aliphatic rings. The van der Waals surface area contributed by atoms with Gasteiger partial charge >= 0.3 is 6.09 Å². The molecule has 1 heterocycles. The van der Waals surface area contributed by atoms with E-state index in [2.05, 4.69) is 0 Å². The van der Waals surface area contributed by atoms with E-state index in [1.807, 2.05) is 0 Å². The number of carbonyl (C=O) groups is 1. The molecule has 0 fully saturated rings. The van der Waals surface area contributed by atoms with Crippen LogP contribution >= 0.6 is 0 Å². The summed E-state index contributed by atoms with van der Waals surface area (Å²) < 4.78 is 48.6. The number of rotatable bonds is 7. The number of allylic oxidation sites excluding steroid dienone is 1. The second-order valence-corrected chi connectivity index (χ2v) is 11.0. The van der Waals surface area contributed by atoms with E-state index in [1.54, 1.807) is 39.0 Å². The fraction of sp³-hybridized carbons (Fsp3) is 0.231. The van der Waals surface area contributed by atoms with Crippen LogP contribution in [0.2, 0.25) is 0 Å². The van der Waals surface area contributed by atoms with Crippen molar-refractivity contribution < 1.29 is 22.3 Å². The molecule has 0 atom stereocenters. The maximum Gasteiger partial charge on any atom is 0.410 e. The molecule has 0 saturated carbocycles. The second kappa shape index (κ2) is 10.4. The van der Waals surface area contributed by atoms with E-state index in [4.69, 9.17) is 15.9 Å². The van der Waals surface area contributed by atoms with Crippen LogP contribution in [-0.4, -0.2) is 42.2 Å². The van der Waals surface area contributed by atoms with Crippen LogP contribution in [0.5, 0.6) is 0 Å². The Bertz CT molecular complexity index is 1420. The molecule has 190 valence electrons. The van der Waals surface area contributed by atoms with Gasteiger partial charge in [0.25, 0.3) is 10.0 Å². The third-order valence-electron chi connectivity index (χ3n) is 5.18. The first-order valence-corrected chi connectivity index (χ1v) is 12.5. The number of nitrogens with zero attached hydrogens (tertiary/aromatic N) is 2. The highest BCUT2D eigenvalue weighted by atomic mass is 32.2. The first kappa shape index (κ1) is 26.7. The lowest BCUT2D eigenvalue weighted by atomic mass is 10.1. The van der Waals surface area contributed by atoms with Crippen molar-refractivity contribution in [1.82, 2.24) is 8.87 Å². The summed E-state index contributed by atoms with van der Waals surface area (Å²) in [6.45, 7) is 5.27. The van der Waals surface area contributed by atoms with E-state index < -0.39 is 27.5 Å². The average molecular weight is 513 g/mol. The van der Waals surface area contributed by atoms with Gasteiger partial charge in [-0.3, -0.25) is 0 Å². The molecule has 10 heteroatoms. The van der Waals surface area contributed by atoms with Crippen molar-refractivity contribution in [2.24, 2.45) is 5.73 Å². The summed E-state index contributed by atoms with van der Waals surface area (Å²) in [4.78, 5) is 13.7. The number of nitrogens with one attached hydrogen (secondary N) is 1. The Kier molecular flexibility index (Phi) is 7.68. The van der Waals surface area contributed by atoms with Crippen LogP contribution in [0.4, 0.5) is 9.18 Å². The van der Waals surface area contributed by atoms with Crippen LogP contribution in [0, 0.1) is 11.2 Å². The predicted molar refractivity (Wildman–Crippen MR) is 138 cm³/mol. The Labute approximate surface area is 210 Å². The van der Waals surface area contributed by atoms with Crippen molar-refractivity contribution in [3.05, 3.63) is 83.9 Å². The van der Waals surface area contributed by atoms with Gasteiger partial charge in [-0.1, -0.05) is 24.3 Å². The zero-order valence-corrected chi connectivity index (χ0v) is 21.3. The highest BCUT2D eigenvalue weighted by molar-refractivity contribution is 7.90. The van der Waals surface area contributed by atoms with Crippen LogP contribution < -0.4 is 5.73 Å². The lowest BCUT2D eigenvalue weighted by molar-refractivity contribution is 0.0285. The molecular weight excluding hydrogens is 483 g/mol. The molecule has 3 aromatic rings. The van der Waals surface area contributed by atoms with Crippen LogP contribution in [0.3, 0.4) is 0 Å². The maximum absolute atomic E-state index is 14.8. The zero-order chi connectivity index (χ0) is 26.7. The third-order valence-corrected chi connectivity index (χ3v) is 6.85. The van der Waals surface area contributed by atoms with Crippen LogP contribution in [0.15, 0.2) is 71.9 Å². The molecule has 0 saturated heterocycles. The normalized spacial score (nSPS) is 12.3. The maximum atomic E-state index is 14.8. The lowest BCUT2D eigenvalue weighted by Crippen LogP contribution is -2.33. The number of hydrogen-bond donors (Lipinski definition) is 2. The molecule has 0 unspecified atom stereocenters. The highest BCUT2D eigenvalue weighted by Gasteiger charge is 2.25. The van der Waals surface area contributed by atoms with Gasteiger partial charge < -0.3 is 20.8 Å². The SMILES string of the molecule is CN(Cc1cc(-c2ccccc2F)n(S(=O)(=O)c2cccc(/C(C=N)=C/N)c2)c1)C(=O)OC(C)(C)C. The molecule has 0 radical (unpaired) electrons. The fourth-order valence-electron chi connectivity index (χ4n) is 3.50. The van der Waals surface area contributed by atoms with Crippen LogP contribution in [-0.2, 0) is 21.3 Å². The summed E-state index contributed by atoms with van der Waals surface area (Å²) in [6, 6.07) is 13.4. The number of aromatic nitrogens is 1. The minimum Gasteiger partial charge on any atom is -0.444 e. The summed E-state index contributed by atoms with van der Waals surface area (Å²) in [6.07, 6.45) is 3.02. The smallest absolute Gasteiger partial charge is 0.410 e. The highest BCUT2D eigenvalue weighted by Crippen LogP contribution is 2.30. The first-order chi connectivity index (χ1) is 16.9. The molecule has 8 nitrogen and oxygen atoms in total. The Hall–Kier alpha value is -3.92. The molecule has 0 bridgehead atoms. The molecule has 3 rings (SSSR count). The topological polar surface area (TPSA) is 118 Å². The minimum atomic E-state index is -4.20. The van der Waals surface area contributed by atoms with E-state index in [1.165, 1.54) is 60.7 Å². The largest absolute Gasteiger partial charge is 0.444 e. The van der Waals surface area contributed by atoms with E-state index in [-0.39, 0.29) is 22.7 Å². The predicted octanol–water partition coefficient (Wildman–Crippen LogP) is 4.85. The number of benzene rings is 2. The molecule has 0 aliphatic carbocycles. The van der Waals surface area contributed by atoms with E-state index in [9.17, 15) is 17.6 Å². The van der Waals surface area contributed by atoms with E-state index in [0.29, 0.717) is 16.7 Å². The molecule has 1 aromatic heterocycles. The van der Waals surface area contributed by atoms with Crippen molar-refractivity contribution in [3.63, 3.8) is 0 Å². The number of ether oxygens (including phenoxy) is 1. The second-order valence-electron chi connectivity index (χ2n) is 9.14. The zero-order valence-electron chi connectivity index (χ0n) is 20.5. The van der Waals surface area contributed by atoms with Gasteiger partial charge in [-0.2, -0.15) is 0 Å². The monoisotopic (exact) mass is 512 g/mol. The summed E-state index contributed by atoms with van der Waals surface area (Å²) in [5, 5.41) is 7.50. The van der Waals surface area contributed by atoms with Crippen molar-refractivity contribution in [1.29, 1.82) is 5.41 Å². The molecule has 36 heavy (non-hydrogen) atoms. The minimum absolute atomic E-state index is 0.0345. The van der Waals surface area contributed by atoms with Crippen molar-refractivity contribution >= 4 is 27.9 Å². The van der Waals surface area contributed by atoms with Gasteiger partial charge in [0.2, 0.25) is 0 Å². The standard InChI is InChI=1S/C26H29FN4O4S/c1-26(2,3)35-25(32)30(4)16-18-12-24(22-10-5-6-11-23(22)27)31(17-18)36(33,34)21-9-7-8-19(13-21)20(14-28)15-29/h5-15,17,28H,16,29H2,1-4H3/b20-15+,28-14?. The Morgan fingerprint density at radius 3 is 2.47 bits per heavy atom. The van der Waals surface area contributed by atoms with E-state index in [0.717, 1.165) is 10.2 Å². The van der Waals surface area contributed by atoms with E-state index >= 15 is 0 Å². The Morgan fingerprint density at radius 1 is 1.17 bits per heavy atom. The molecule has 0 spiro atoms. The van der Waals surface area contributed by atoms with Crippen LogP contribution in [0.25, 0.3) is 16.8 Å². The molecule has 0 aliphatic heterocycles. The number of halogens is 1. The van der Waals surface area contributed by atoms with Crippen molar-refractivity contribution in [3.8, 4) is 11.3 Å². The number of nitrogens with two attached hydrogens (primary N) is 1. The average Bonchev–Trinajstić information content (AvgIpc) is 3.23. The van der Waals surface area contributed by atoms with Gasteiger partial charge in [0.05, 0.1) is 17.1 Å². The summed E-state index contributed by atoms with van der Waals surface area (Å²) >= 11 is 0. The number of carbonyl (C=O) groups excluding carboxylic acids is 1. The Morgan fingerprint density at radius 2 is 1.86 bits per heavy atom. The lowest BCUT2D eigenvalue weighted by Gasteiger charge is -2.24. The van der Waals surface area contributed by atoms with Gasteiger partial charge in [-0.05, 0) is 62.2 Å². The fourth-order valence-corrected chi connectivity index (χ4v) is 4.94. The Balaban J connectivity index is 2.12. The summed E-state index contributed by atoms with van der Waals surface area (Å²) in [5.41, 5.74) is 6.30. The number of amides is 1. The molecule has 1 amide bonds. The van der Waals surface area contributed by atoms with Crippen molar-refractivity contribution in [2.45, 2.75) is 37.8 Å². The summed E-state index contributed by atoms with van der Waals surface area (Å²) in [7, 11) is -2.67. The van der Waals surface area contributed by atoms with Gasteiger partial charge in [0, 0.05) is 36.8 Å². The number of hydrogen-bond acceptors (Lipinski definition) is 6. The van der Waals surface area contributed by atoms with Gasteiger partial charge in [-0.25, -0.2) is 21.6 Å². The first-order valence-electron chi connectivity index (χ1n) is 11.1. The molecular formula is C26H29FN4O4S. The quantitative estimate of drug-likeness (QED) is 0.439. The van der Waals surface area contributed by atoms with Gasteiger partial charge in [-0.15, -0.1) is 0 Å².